The lowest BCUT2D eigenvalue weighted by Gasteiger charge is -2.01. The molecule has 1 aromatic carbocycles. The number of nitrogens with one attached hydrogen (secondary N) is 1. The molecule has 2 aromatic rings. The molecule has 0 saturated heterocycles. The Morgan fingerprint density at radius 2 is 2.11 bits per heavy atom. The molecule has 1 amide bonds. The normalized spacial score (nSPS) is 14.1. The van der Waals surface area contributed by atoms with Crippen LogP contribution in [0.15, 0.2) is 34.7 Å². The largest absolute Gasteiger partial charge is 0.439 e. The van der Waals surface area contributed by atoms with Crippen LogP contribution in [-0.4, -0.2) is 28.8 Å². The Morgan fingerprint density at radius 1 is 1.32 bits per heavy atom. The van der Waals surface area contributed by atoms with E-state index in [2.05, 4.69) is 15.5 Å². The molecule has 0 bridgehead atoms. The average Bonchev–Trinajstić information content (AvgIpc) is 3.12. The number of hydrogen-bond donors (Lipinski definition) is 1. The second kappa shape index (κ2) is 5.09. The first-order chi connectivity index (χ1) is 9.31. The van der Waals surface area contributed by atoms with Crippen molar-refractivity contribution in [1.29, 1.82) is 0 Å². The number of nitrogens with zero attached hydrogens (tertiary/aromatic N) is 2. The zero-order valence-electron chi connectivity index (χ0n) is 10.2. The smallest absolute Gasteiger partial charge is 0.415 e. The summed E-state index contributed by atoms with van der Waals surface area (Å²) in [4.78, 5) is 11.4. The van der Waals surface area contributed by atoms with Gasteiger partial charge in [-0.05, 0) is 25.0 Å². The summed E-state index contributed by atoms with van der Waals surface area (Å²) in [6, 6.07) is 9.69. The van der Waals surface area contributed by atoms with Crippen LogP contribution in [0.2, 0.25) is 0 Å². The number of ether oxygens (including phenoxy) is 1. The molecule has 1 saturated carbocycles. The average molecular weight is 259 g/mol. The van der Waals surface area contributed by atoms with Gasteiger partial charge in [-0.15, -0.1) is 5.10 Å². The van der Waals surface area contributed by atoms with E-state index >= 15 is 0 Å². The maximum absolute atomic E-state index is 11.4. The van der Waals surface area contributed by atoms with Crippen molar-refractivity contribution in [3.8, 4) is 17.5 Å². The van der Waals surface area contributed by atoms with Gasteiger partial charge in [0.2, 0.25) is 0 Å². The third kappa shape index (κ3) is 3.09. The summed E-state index contributed by atoms with van der Waals surface area (Å²) in [5.41, 5.74) is 0.812. The van der Waals surface area contributed by atoms with Crippen LogP contribution in [0.5, 0.6) is 6.08 Å². The van der Waals surface area contributed by atoms with E-state index in [-0.39, 0.29) is 18.6 Å². The van der Waals surface area contributed by atoms with Crippen LogP contribution in [0.3, 0.4) is 0 Å². The van der Waals surface area contributed by atoms with Gasteiger partial charge in [-0.1, -0.05) is 23.3 Å². The first-order valence-electron chi connectivity index (χ1n) is 6.12. The zero-order chi connectivity index (χ0) is 13.1. The maximum Gasteiger partial charge on any atom is 0.415 e. The van der Waals surface area contributed by atoms with Crippen LogP contribution >= 0.6 is 0 Å². The number of benzene rings is 1. The fraction of sp³-hybridized carbons (Fsp3) is 0.308. The van der Waals surface area contributed by atoms with Crippen molar-refractivity contribution in [2.24, 2.45) is 0 Å². The van der Waals surface area contributed by atoms with Gasteiger partial charge in [-0.2, -0.15) is 0 Å². The van der Waals surface area contributed by atoms with Gasteiger partial charge in [0, 0.05) is 11.6 Å². The van der Waals surface area contributed by atoms with Gasteiger partial charge >= 0.3 is 6.08 Å². The van der Waals surface area contributed by atoms with Crippen LogP contribution in [0.25, 0.3) is 11.5 Å². The lowest BCUT2D eigenvalue weighted by Crippen LogP contribution is -2.30. The topological polar surface area (TPSA) is 77.2 Å². The van der Waals surface area contributed by atoms with Crippen LogP contribution in [0, 0.1) is 0 Å². The summed E-state index contributed by atoms with van der Waals surface area (Å²) in [6.07, 6.45) is 2.10. The lowest BCUT2D eigenvalue weighted by atomic mass is 10.2. The quantitative estimate of drug-likeness (QED) is 0.878. The maximum atomic E-state index is 11.4. The Balaban J connectivity index is 1.57. The van der Waals surface area contributed by atoms with E-state index in [4.69, 9.17) is 9.15 Å². The minimum atomic E-state index is -0.165. The van der Waals surface area contributed by atoms with Crippen molar-refractivity contribution < 1.29 is 13.9 Å². The molecule has 1 N–H and O–H groups in total. The van der Waals surface area contributed by atoms with E-state index in [1.54, 1.807) is 0 Å². The van der Waals surface area contributed by atoms with Crippen LogP contribution < -0.4 is 10.1 Å². The predicted octanol–water partition coefficient (Wildman–Crippen LogP) is 1.39. The first-order valence-corrected chi connectivity index (χ1v) is 6.12. The Kier molecular flexibility index (Phi) is 3.14. The highest BCUT2D eigenvalue weighted by atomic mass is 16.6. The number of carbonyl (C=O) groups is 1. The van der Waals surface area contributed by atoms with Gasteiger partial charge in [0.15, 0.2) is 6.61 Å². The molecule has 1 aromatic heterocycles. The van der Waals surface area contributed by atoms with Gasteiger partial charge in [0.25, 0.3) is 11.8 Å². The minimum Gasteiger partial charge on any atom is -0.439 e. The van der Waals surface area contributed by atoms with Crippen molar-refractivity contribution in [1.82, 2.24) is 15.5 Å². The molecule has 98 valence electrons. The summed E-state index contributed by atoms with van der Waals surface area (Å²) >= 11 is 0. The van der Waals surface area contributed by atoms with Crippen molar-refractivity contribution in [2.75, 3.05) is 6.61 Å². The summed E-state index contributed by atoms with van der Waals surface area (Å²) in [5.74, 6) is 0.208. The minimum absolute atomic E-state index is 0.00444. The van der Waals surface area contributed by atoms with Crippen molar-refractivity contribution in [3.05, 3.63) is 30.3 Å². The Morgan fingerprint density at radius 3 is 2.84 bits per heavy atom. The molecule has 1 fully saturated rings. The van der Waals surface area contributed by atoms with Crippen molar-refractivity contribution in [2.45, 2.75) is 18.9 Å². The SMILES string of the molecule is O=C(COc1nnc(-c2ccccc2)o1)NC1CC1. The molecule has 1 heterocycles. The molecule has 1 aliphatic carbocycles. The second-order valence-corrected chi connectivity index (χ2v) is 4.37. The molecule has 3 rings (SSSR count). The summed E-state index contributed by atoms with van der Waals surface area (Å²) in [6.45, 7) is -0.104. The Labute approximate surface area is 109 Å². The third-order valence-electron chi connectivity index (χ3n) is 2.70. The third-order valence-corrected chi connectivity index (χ3v) is 2.70. The zero-order valence-corrected chi connectivity index (χ0v) is 10.2. The number of aromatic nitrogens is 2. The number of amides is 1. The van der Waals surface area contributed by atoms with Crippen LogP contribution in [-0.2, 0) is 4.79 Å². The Bertz CT molecular complexity index is 564. The van der Waals surface area contributed by atoms with E-state index in [9.17, 15) is 4.79 Å². The molecule has 0 atom stereocenters. The summed E-state index contributed by atoms with van der Waals surface area (Å²) in [5, 5.41) is 10.4. The van der Waals surface area contributed by atoms with Crippen LogP contribution in [0.1, 0.15) is 12.8 Å². The van der Waals surface area contributed by atoms with Gasteiger partial charge in [0.05, 0.1) is 0 Å². The van der Waals surface area contributed by atoms with E-state index in [1.165, 1.54) is 0 Å². The van der Waals surface area contributed by atoms with Gasteiger partial charge < -0.3 is 14.5 Å². The highest BCUT2D eigenvalue weighted by Crippen LogP contribution is 2.20. The first kappa shape index (κ1) is 11.7. The summed E-state index contributed by atoms with van der Waals surface area (Å²) in [7, 11) is 0. The van der Waals surface area contributed by atoms with Crippen molar-refractivity contribution >= 4 is 5.91 Å². The lowest BCUT2D eigenvalue weighted by molar-refractivity contribution is -0.123. The van der Waals surface area contributed by atoms with Gasteiger partial charge in [0.1, 0.15) is 0 Å². The highest BCUT2D eigenvalue weighted by Gasteiger charge is 2.23. The molecular weight excluding hydrogens is 246 g/mol. The standard InChI is InChI=1S/C13H13N3O3/c17-11(14-10-6-7-10)8-18-13-16-15-12(19-13)9-4-2-1-3-5-9/h1-5,10H,6-8H2,(H,14,17). The van der Waals surface area contributed by atoms with Gasteiger partial charge in [-0.25, -0.2) is 0 Å². The molecule has 6 heteroatoms. The Hall–Kier alpha value is -2.37. The number of hydrogen-bond acceptors (Lipinski definition) is 5. The fourth-order valence-corrected chi connectivity index (χ4v) is 1.59. The second-order valence-electron chi connectivity index (χ2n) is 4.37. The van der Waals surface area contributed by atoms with E-state index in [0.29, 0.717) is 11.9 Å². The fourth-order valence-electron chi connectivity index (χ4n) is 1.59. The molecule has 1 aliphatic rings. The van der Waals surface area contributed by atoms with Gasteiger partial charge in [-0.3, -0.25) is 4.79 Å². The van der Waals surface area contributed by atoms with Crippen molar-refractivity contribution in [3.63, 3.8) is 0 Å². The molecule has 0 unspecified atom stereocenters. The summed E-state index contributed by atoms with van der Waals surface area (Å²) < 4.78 is 10.5. The van der Waals surface area contributed by atoms with E-state index in [0.717, 1.165) is 18.4 Å². The number of rotatable bonds is 5. The molecule has 0 spiro atoms. The predicted molar refractivity (Wildman–Crippen MR) is 66.4 cm³/mol. The highest BCUT2D eigenvalue weighted by molar-refractivity contribution is 5.78. The van der Waals surface area contributed by atoms with E-state index in [1.807, 2.05) is 30.3 Å². The number of carbonyl (C=O) groups excluding carboxylic acids is 1. The van der Waals surface area contributed by atoms with E-state index < -0.39 is 0 Å². The molecule has 6 nitrogen and oxygen atoms in total. The van der Waals surface area contributed by atoms with Crippen LogP contribution in [0.4, 0.5) is 0 Å². The molecule has 19 heavy (non-hydrogen) atoms. The molecular formula is C13H13N3O3. The monoisotopic (exact) mass is 259 g/mol. The molecule has 0 radical (unpaired) electrons. The molecule has 0 aliphatic heterocycles.